The lowest BCUT2D eigenvalue weighted by Gasteiger charge is -2.18. The molecule has 3 N–H and O–H groups in total. The Labute approximate surface area is 112 Å². The summed E-state index contributed by atoms with van der Waals surface area (Å²) in [5, 5.41) is 13.5. The van der Waals surface area contributed by atoms with Gasteiger partial charge in [-0.1, -0.05) is 0 Å². The number of nitrogens with one attached hydrogen (secondary N) is 1. The van der Waals surface area contributed by atoms with Gasteiger partial charge >= 0.3 is 0 Å². The molecule has 0 aliphatic carbocycles. The fraction of sp³-hybridized carbons (Fsp3) is 0.462. The summed E-state index contributed by atoms with van der Waals surface area (Å²) in [6.45, 7) is 6.89. The summed E-state index contributed by atoms with van der Waals surface area (Å²) in [4.78, 5) is 22.1. The second-order valence-corrected chi connectivity index (χ2v) is 5.42. The molecule has 0 saturated carbocycles. The highest BCUT2D eigenvalue weighted by molar-refractivity contribution is 5.92. The van der Waals surface area contributed by atoms with Gasteiger partial charge in [-0.25, -0.2) is 0 Å². The van der Waals surface area contributed by atoms with E-state index in [2.05, 4.69) is 5.32 Å². The van der Waals surface area contributed by atoms with Crippen LogP contribution in [0.1, 0.15) is 31.4 Å². The maximum Gasteiger partial charge on any atom is 0.272 e. The van der Waals surface area contributed by atoms with Crippen molar-refractivity contribution in [3.8, 4) is 0 Å². The van der Waals surface area contributed by atoms with Gasteiger partial charge in [0.1, 0.15) is 0 Å². The van der Waals surface area contributed by atoms with E-state index in [-0.39, 0.29) is 18.0 Å². The van der Waals surface area contributed by atoms with Crippen molar-refractivity contribution >= 4 is 17.3 Å². The maximum atomic E-state index is 11.8. The molecule has 0 saturated heterocycles. The number of aryl methyl sites for hydroxylation is 2. The van der Waals surface area contributed by atoms with Crippen LogP contribution in [0.5, 0.6) is 0 Å². The molecule has 0 radical (unpaired) electrons. The van der Waals surface area contributed by atoms with Gasteiger partial charge in [0.25, 0.3) is 5.69 Å². The average Bonchev–Trinajstić information content (AvgIpc) is 2.19. The summed E-state index contributed by atoms with van der Waals surface area (Å²) in [5.74, 6) is -0.205. The van der Waals surface area contributed by atoms with Gasteiger partial charge < -0.3 is 11.1 Å². The number of benzene rings is 1. The van der Waals surface area contributed by atoms with Crippen LogP contribution in [-0.2, 0) is 4.79 Å². The van der Waals surface area contributed by atoms with Crippen molar-refractivity contribution in [2.24, 2.45) is 5.73 Å². The third kappa shape index (κ3) is 4.33. The second-order valence-electron chi connectivity index (χ2n) is 5.42. The van der Waals surface area contributed by atoms with Crippen molar-refractivity contribution in [3.63, 3.8) is 0 Å². The number of nitrogens with two attached hydrogens (primary N) is 1. The maximum absolute atomic E-state index is 11.8. The fourth-order valence-corrected chi connectivity index (χ4v) is 1.74. The molecule has 6 nitrogen and oxygen atoms in total. The summed E-state index contributed by atoms with van der Waals surface area (Å²) in [5.41, 5.74) is 6.98. The predicted octanol–water partition coefficient (Wildman–Crippen LogP) is 2.28. The molecular weight excluding hydrogens is 246 g/mol. The third-order valence-electron chi connectivity index (χ3n) is 2.63. The minimum atomic E-state index is -0.589. The molecule has 0 heterocycles. The van der Waals surface area contributed by atoms with E-state index < -0.39 is 10.5 Å². The van der Waals surface area contributed by atoms with E-state index in [9.17, 15) is 14.9 Å². The number of hydrogen-bond donors (Lipinski definition) is 2. The van der Waals surface area contributed by atoms with Gasteiger partial charge in [-0.3, -0.25) is 14.9 Å². The smallest absolute Gasteiger partial charge is 0.272 e. The summed E-state index contributed by atoms with van der Waals surface area (Å²) >= 11 is 0. The molecule has 1 aromatic rings. The minimum Gasteiger partial charge on any atom is -0.326 e. The van der Waals surface area contributed by atoms with Gasteiger partial charge in [0.05, 0.1) is 4.92 Å². The number of rotatable bonds is 4. The van der Waals surface area contributed by atoms with Gasteiger partial charge in [-0.15, -0.1) is 0 Å². The first kappa shape index (κ1) is 15.1. The Morgan fingerprint density at radius 1 is 1.37 bits per heavy atom. The van der Waals surface area contributed by atoms with Crippen molar-refractivity contribution in [2.75, 3.05) is 5.32 Å². The molecule has 0 unspecified atom stereocenters. The van der Waals surface area contributed by atoms with E-state index in [1.807, 2.05) is 0 Å². The van der Waals surface area contributed by atoms with Crippen molar-refractivity contribution < 1.29 is 9.72 Å². The van der Waals surface area contributed by atoms with Gasteiger partial charge in [-0.05, 0) is 39.3 Å². The van der Waals surface area contributed by atoms with E-state index in [1.54, 1.807) is 33.8 Å². The second kappa shape index (κ2) is 5.36. The van der Waals surface area contributed by atoms with Crippen molar-refractivity contribution in [1.82, 2.24) is 0 Å². The van der Waals surface area contributed by atoms with Crippen LogP contribution in [-0.4, -0.2) is 16.4 Å². The summed E-state index contributed by atoms with van der Waals surface area (Å²) < 4.78 is 0. The molecule has 19 heavy (non-hydrogen) atoms. The zero-order valence-corrected chi connectivity index (χ0v) is 11.6. The molecule has 1 amide bonds. The molecule has 0 bridgehead atoms. The van der Waals surface area contributed by atoms with Crippen molar-refractivity contribution in [2.45, 2.75) is 39.7 Å². The van der Waals surface area contributed by atoms with Crippen LogP contribution < -0.4 is 11.1 Å². The number of carbonyl (C=O) groups is 1. The quantitative estimate of drug-likeness (QED) is 0.644. The Hall–Kier alpha value is -1.95. The third-order valence-corrected chi connectivity index (χ3v) is 2.63. The number of anilines is 1. The molecule has 1 aromatic carbocycles. The molecule has 6 heteroatoms. The van der Waals surface area contributed by atoms with Crippen LogP contribution >= 0.6 is 0 Å². The van der Waals surface area contributed by atoms with Crippen LogP contribution in [0.4, 0.5) is 11.4 Å². The summed E-state index contributed by atoms with van der Waals surface area (Å²) in [6.07, 6.45) is 0.183. The molecule has 0 aliphatic heterocycles. The topological polar surface area (TPSA) is 98.3 Å². The van der Waals surface area contributed by atoms with Crippen LogP contribution in [0.25, 0.3) is 0 Å². The molecule has 104 valence electrons. The fourth-order valence-electron chi connectivity index (χ4n) is 1.74. The first-order chi connectivity index (χ1) is 8.60. The van der Waals surface area contributed by atoms with E-state index in [4.69, 9.17) is 5.73 Å². The molecule has 0 spiro atoms. The highest BCUT2D eigenvalue weighted by Crippen LogP contribution is 2.26. The largest absolute Gasteiger partial charge is 0.326 e. The Kier molecular flexibility index (Phi) is 4.26. The number of hydrogen-bond acceptors (Lipinski definition) is 4. The first-order valence-corrected chi connectivity index (χ1v) is 5.94. The lowest BCUT2D eigenvalue weighted by Crippen LogP contribution is -2.36. The Morgan fingerprint density at radius 2 is 1.95 bits per heavy atom. The lowest BCUT2D eigenvalue weighted by molar-refractivity contribution is -0.385. The first-order valence-electron chi connectivity index (χ1n) is 5.94. The average molecular weight is 265 g/mol. The summed E-state index contributed by atoms with van der Waals surface area (Å²) in [7, 11) is 0. The van der Waals surface area contributed by atoms with Gasteiger partial charge in [0, 0.05) is 29.3 Å². The molecule has 1 rings (SSSR count). The molecule has 0 fully saturated rings. The normalized spacial score (nSPS) is 11.2. The van der Waals surface area contributed by atoms with Crippen molar-refractivity contribution in [3.05, 3.63) is 33.4 Å². The summed E-state index contributed by atoms with van der Waals surface area (Å²) in [6, 6.07) is 3.06. The van der Waals surface area contributed by atoms with Crippen LogP contribution in [0, 0.1) is 24.0 Å². The highest BCUT2D eigenvalue weighted by Gasteiger charge is 2.18. The lowest BCUT2D eigenvalue weighted by atomic mass is 10.0. The van der Waals surface area contributed by atoms with Gasteiger partial charge in [0.2, 0.25) is 5.91 Å². The highest BCUT2D eigenvalue weighted by atomic mass is 16.6. The Balaban J connectivity index is 2.95. The van der Waals surface area contributed by atoms with Gasteiger partial charge in [0.15, 0.2) is 0 Å². The number of nitrogens with zero attached hydrogens (tertiary/aromatic N) is 1. The zero-order chi connectivity index (χ0) is 14.8. The molecule has 0 aromatic heterocycles. The van der Waals surface area contributed by atoms with E-state index in [1.165, 1.54) is 6.07 Å². The molecule has 0 aliphatic rings. The number of carbonyl (C=O) groups excluding carboxylic acids is 1. The molecule has 0 atom stereocenters. The van der Waals surface area contributed by atoms with E-state index >= 15 is 0 Å². The number of nitro benzene ring substituents is 1. The van der Waals surface area contributed by atoms with E-state index in [0.29, 0.717) is 16.8 Å². The standard InChI is InChI=1S/C13H19N3O3/c1-8-6-11(16(18)19)9(2)5-10(8)15-12(17)7-13(3,4)14/h5-6H,7,14H2,1-4H3,(H,15,17). The van der Waals surface area contributed by atoms with Crippen molar-refractivity contribution in [1.29, 1.82) is 0 Å². The Bertz CT molecular complexity index is 519. The predicted molar refractivity (Wildman–Crippen MR) is 74.1 cm³/mol. The minimum absolute atomic E-state index is 0.0506. The SMILES string of the molecule is Cc1cc([N+](=O)[O-])c(C)cc1NC(=O)CC(C)(C)N. The zero-order valence-electron chi connectivity index (χ0n) is 11.6. The monoisotopic (exact) mass is 265 g/mol. The number of nitro groups is 1. The van der Waals surface area contributed by atoms with Crippen LogP contribution in [0.15, 0.2) is 12.1 Å². The molecular formula is C13H19N3O3. The Morgan fingerprint density at radius 3 is 2.42 bits per heavy atom. The van der Waals surface area contributed by atoms with Gasteiger partial charge in [-0.2, -0.15) is 0 Å². The van der Waals surface area contributed by atoms with Crippen LogP contribution in [0.3, 0.4) is 0 Å². The number of amides is 1. The van der Waals surface area contributed by atoms with E-state index in [0.717, 1.165) is 0 Å². The van der Waals surface area contributed by atoms with Crippen LogP contribution in [0.2, 0.25) is 0 Å².